The Kier molecular flexibility index (Phi) is 4.58. The van der Waals surface area contributed by atoms with Crippen molar-refractivity contribution >= 4 is 22.8 Å². The zero-order valence-electron chi connectivity index (χ0n) is 17.4. The number of hydrazine groups is 1. The first kappa shape index (κ1) is 19.1. The summed E-state index contributed by atoms with van der Waals surface area (Å²) in [6.45, 7) is 3.84. The molecular formula is C24H22N4O3. The SMILES string of the molecule is Cc1ccccc1-n1nc(C(=O)NNC(=O)c2oc3ccccc3c2C)c2c1CCC2. The van der Waals surface area contributed by atoms with Crippen LogP contribution in [0.15, 0.2) is 52.9 Å². The number of fused-ring (bicyclic) bond motifs is 2. The average molecular weight is 414 g/mol. The van der Waals surface area contributed by atoms with Gasteiger partial charge in [-0.3, -0.25) is 20.4 Å². The molecule has 31 heavy (non-hydrogen) atoms. The number of carbonyl (C=O) groups excluding carboxylic acids is 2. The van der Waals surface area contributed by atoms with Crippen LogP contribution >= 0.6 is 0 Å². The molecule has 7 nitrogen and oxygen atoms in total. The largest absolute Gasteiger partial charge is 0.451 e. The van der Waals surface area contributed by atoms with Gasteiger partial charge < -0.3 is 4.42 Å². The molecule has 0 radical (unpaired) electrons. The van der Waals surface area contributed by atoms with Gasteiger partial charge in [0.15, 0.2) is 11.5 Å². The Labute approximate surface area is 179 Å². The van der Waals surface area contributed by atoms with E-state index >= 15 is 0 Å². The highest BCUT2D eigenvalue weighted by molar-refractivity contribution is 6.01. The van der Waals surface area contributed by atoms with E-state index in [1.54, 1.807) is 6.07 Å². The van der Waals surface area contributed by atoms with E-state index < -0.39 is 11.8 Å². The molecule has 0 fully saturated rings. The summed E-state index contributed by atoms with van der Waals surface area (Å²) >= 11 is 0. The smallest absolute Gasteiger partial charge is 0.305 e. The van der Waals surface area contributed by atoms with Gasteiger partial charge in [0.1, 0.15) is 5.58 Å². The molecule has 1 aliphatic rings. The Morgan fingerprint density at radius 1 is 0.968 bits per heavy atom. The molecule has 2 N–H and O–H groups in total. The number of nitrogens with one attached hydrogen (secondary N) is 2. The van der Waals surface area contributed by atoms with Crippen molar-refractivity contribution in [2.75, 3.05) is 0 Å². The molecule has 4 aromatic rings. The van der Waals surface area contributed by atoms with Gasteiger partial charge in [-0.1, -0.05) is 36.4 Å². The minimum absolute atomic E-state index is 0.178. The Bertz CT molecular complexity index is 1330. The van der Waals surface area contributed by atoms with Crippen LogP contribution in [0.4, 0.5) is 0 Å². The van der Waals surface area contributed by atoms with Gasteiger partial charge in [-0.15, -0.1) is 0 Å². The fraction of sp³-hybridized carbons (Fsp3) is 0.208. The highest BCUT2D eigenvalue weighted by atomic mass is 16.3. The number of aryl methyl sites for hydroxylation is 2. The number of hydrogen-bond acceptors (Lipinski definition) is 4. The Balaban J connectivity index is 1.39. The lowest BCUT2D eigenvalue weighted by Crippen LogP contribution is -2.42. The second-order valence-electron chi connectivity index (χ2n) is 7.79. The molecule has 2 heterocycles. The normalized spacial score (nSPS) is 12.7. The molecule has 0 saturated carbocycles. The first-order chi connectivity index (χ1) is 15.0. The Hall–Kier alpha value is -3.87. The zero-order valence-corrected chi connectivity index (χ0v) is 17.4. The number of nitrogens with zero attached hydrogens (tertiary/aromatic N) is 2. The molecular weight excluding hydrogens is 392 g/mol. The van der Waals surface area contributed by atoms with Crippen molar-refractivity contribution in [3.8, 4) is 5.69 Å². The number of carbonyl (C=O) groups is 2. The van der Waals surface area contributed by atoms with Crippen molar-refractivity contribution in [1.29, 1.82) is 0 Å². The summed E-state index contributed by atoms with van der Waals surface area (Å²) in [5.41, 5.74) is 10.7. The lowest BCUT2D eigenvalue weighted by molar-refractivity contribution is 0.0828. The lowest BCUT2D eigenvalue weighted by Gasteiger charge is -2.08. The van der Waals surface area contributed by atoms with Crippen molar-refractivity contribution in [3.05, 3.63) is 82.4 Å². The number of aromatic nitrogens is 2. The third-order valence-electron chi connectivity index (χ3n) is 5.83. The van der Waals surface area contributed by atoms with Crippen LogP contribution in [0.2, 0.25) is 0 Å². The molecule has 2 aromatic heterocycles. The third-order valence-corrected chi connectivity index (χ3v) is 5.83. The van der Waals surface area contributed by atoms with Crippen molar-refractivity contribution in [2.45, 2.75) is 33.1 Å². The quantitative estimate of drug-likeness (QED) is 0.499. The van der Waals surface area contributed by atoms with Crippen LogP contribution in [-0.4, -0.2) is 21.6 Å². The summed E-state index contributed by atoms with van der Waals surface area (Å²) in [6, 6.07) is 15.4. The number of furan rings is 1. The van der Waals surface area contributed by atoms with Gasteiger partial charge in [0.2, 0.25) is 0 Å². The van der Waals surface area contributed by atoms with E-state index in [1.165, 1.54) is 0 Å². The van der Waals surface area contributed by atoms with Crippen molar-refractivity contribution in [3.63, 3.8) is 0 Å². The van der Waals surface area contributed by atoms with E-state index in [1.807, 2.05) is 61.0 Å². The summed E-state index contributed by atoms with van der Waals surface area (Å²) in [5, 5.41) is 5.46. The molecule has 2 amide bonds. The number of amides is 2. The fourth-order valence-electron chi connectivity index (χ4n) is 4.24. The molecule has 0 unspecified atom stereocenters. The van der Waals surface area contributed by atoms with E-state index in [9.17, 15) is 9.59 Å². The molecule has 0 atom stereocenters. The minimum atomic E-state index is -0.503. The summed E-state index contributed by atoms with van der Waals surface area (Å²) in [4.78, 5) is 25.5. The zero-order chi connectivity index (χ0) is 21.5. The van der Waals surface area contributed by atoms with Gasteiger partial charge in [-0.05, 0) is 50.8 Å². The van der Waals surface area contributed by atoms with E-state index in [4.69, 9.17) is 4.42 Å². The maximum absolute atomic E-state index is 12.9. The monoisotopic (exact) mass is 414 g/mol. The van der Waals surface area contributed by atoms with Crippen molar-refractivity contribution < 1.29 is 14.0 Å². The predicted octanol–water partition coefficient (Wildman–Crippen LogP) is 3.80. The number of benzene rings is 2. The summed E-state index contributed by atoms with van der Waals surface area (Å²) in [6.07, 6.45) is 2.64. The number of para-hydroxylation sites is 2. The molecule has 7 heteroatoms. The van der Waals surface area contributed by atoms with E-state index in [0.29, 0.717) is 11.3 Å². The maximum Gasteiger partial charge on any atom is 0.305 e. The van der Waals surface area contributed by atoms with Crippen LogP contribution in [0.3, 0.4) is 0 Å². The van der Waals surface area contributed by atoms with Gasteiger partial charge in [-0.25, -0.2) is 4.68 Å². The maximum atomic E-state index is 12.9. The van der Waals surface area contributed by atoms with Crippen LogP contribution in [0.1, 0.15) is 49.8 Å². The summed E-state index contributed by atoms with van der Waals surface area (Å²) in [5.74, 6) is -0.762. The molecule has 0 bridgehead atoms. The average Bonchev–Trinajstić information content (AvgIpc) is 3.47. The Morgan fingerprint density at radius 2 is 1.71 bits per heavy atom. The fourth-order valence-corrected chi connectivity index (χ4v) is 4.24. The first-order valence-corrected chi connectivity index (χ1v) is 10.3. The van der Waals surface area contributed by atoms with Gasteiger partial charge in [0, 0.05) is 22.2 Å². The van der Waals surface area contributed by atoms with Crippen LogP contribution in [0.25, 0.3) is 16.7 Å². The van der Waals surface area contributed by atoms with Crippen LogP contribution in [0, 0.1) is 13.8 Å². The summed E-state index contributed by atoms with van der Waals surface area (Å²) in [7, 11) is 0. The lowest BCUT2D eigenvalue weighted by atomic mass is 10.1. The van der Waals surface area contributed by atoms with Gasteiger partial charge >= 0.3 is 5.91 Å². The number of rotatable bonds is 3. The van der Waals surface area contributed by atoms with Crippen molar-refractivity contribution in [1.82, 2.24) is 20.6 Å². The number of hydrogen-bond donors (Lipinski definition) is 2. The summed E-state index contributed by atoms with van der Waals surface area (Å²) < 4.78 is 7.52. The third kappa shape index (κ3) is 3.18. The standard InChI is InChI=1S/C24H22N4O3/c1-14-8-3-5-11-18(14)28-19-12-7-10-17(19)21(27-28)23(29)25-26-24(30)22-15(2)16-9-4-6-13-20(16)31-22/h3-6,8-9,11,13H,7,10,12H2,1-2H3,(H,25,29)(H,26,30). The molecule has 0 aliphatic heterocycles. The molecule has 5 rings (SSSR count). The van der Waals surface area contributed by atoms with Crippen LogP contribution in [-0.2, 0) is 12.8 Å². The molecule has 0 spiro atoms. The van der Waals surface area contributed by atoms with E-state index in [2.05, 4.69) is 16.0 Å². The highest BCUT2D eigenvalue weighted by Crippen LogP contribution is 2.29. The molecule has 0 saturated heterocycles. The topological polar surface area (TPSA) is 89.2 Å². The van der Waals surface area contributed by atoms with E-state index in [0.717, 1.165) is 52.7 Å². The second kappa shape index (κ2) is 7.43. The Morgan fingerprint density at radius 3 is 2.52 bits per heavy atom. The van der Waals surface area contributed by atoms with Crippen LogP contribution in [0.5, 0.6) is 0 Å². The van der Waals surface area contributed by atoms with Crippen molar-refractivity contribution in [2.24, 2.45) is 0 Å². The van der Waals surface area contributed by atoms with Crippen LogP contribution < -0.4 is 10.9 Å². The second-order valence-corrected chi connectivity index (χ2v) is 7.79. The molecule has 156 valence electrons. The highest BCUT2D eigenvalue weighted by Gasteiger charge is 2.28. The van der Waals surface area contributed by atoms with Gasteiger partial charge in [0.05, 0.1) is 5.69 Å². The predicted molar refractivity (Wildman–Crippen MR) is 116 cm³/mol. The molecule has 1 aliphatic carbocycles. The molecule has 2 aromatic carbocycles. The minimum Gasteiger partial charge on any atom is -0.451 e. The van der Waals surface area contributed by atoms with Gasteiger partial charge in [0.25, 0.3) is 5.91 Å². The van der Waals surface area contributed by atoms with Gasteiger partial charge in [-0.2, -0.15) is 5.10 Å². The van der Waals surface area contributed by atoms with E-state index in [-0.39, 0.29) is 5.76 Å². The first-order valence-electron chi connectivity index (χ1n) is 10.3.